The van der Waals surface area contributed by atoms with Gasteiger partial charge in [-0.05, 0) is 25.0 Å². The van der Waals surface area contributed by atoms with Gasteiger partial charge in [-0.3, -0.25) is 4.79 Å². The molecule has 174 valence electrons. The predicted molar refractivity (Wildman–Crippen MR) is 133 cm³/mol. The molecule has 33 heavy (non-hydrogen) atoms. The summed E-state index contributed by atoms with van der Waals surface area (Å²) in [5, 5.41) is 0. The number of carbonyl (C=O) groups excluding carboxylic acids is 1. The molecule has 0 spiro atoms. The van der Waals surface area contributed by atoms with Crippen molar-refractivity contribution < 1.29 is 23.7 Å². The van der Waals surface area contributed by atoms with E-state index >= 15 is 0 Å². The molecule has 6 atom stereocenters. The molecule has 0 unspecified atom stereocenters. The monoisotopic (exact) mass is 561 g/mol. The number of hydrogen-bond donors (Lipinski definition) is 0. The smallest absolute Gasteiger partial charge is 0.254 e. The van der Waals surface area contributed by atoms with Crippen LogP contribution in [0.1, 0.15) is 25.0 Å². The van der Waals surface area contributed by atoms with Gasteiger partial charge in [0.05, 0.1) is 22.7 Å². The number of β-lactam (4-membered cyclic amide) rings is 1. The number of amides is 1. The predicted octanol–water partition coefficient (Wildman–Crippen LogP) is 4.18. The van der Waals surface area contributed by atoms with E-state index in [-0.39, 0.29) is 28.1 Å². The van der Waals surface area contributed by atoms with Crippen LogP contribution in [0.4, 0.5) is 0 Å². The van der Waals surface area contributed by atoms with Crippen LogP contribution in [-0.4, -0.2) is 57.7 Å². The van der Waals surface area contributed by atoms with Gasteiger partial charge in [-0.2, -0.15) is 0 Å². The molecule has 6 nitrogen and oxygen atoms in total. The Morgan fingerprint density at radius 3 is 2.42 bits per heavy atom. The Labute approximate surface area is 208 Å². The molecule has 3 saturated heterocycles. The fourth-order valence-corrected chi connectivity index (χ4v) is 5.74. The molecule has 0 aromatic heterocycles. The zero-order valence-electron chi connectivity index (χ0n) is 18.7. The van der Waals surface area contributed by atoms with Crippen LogP contribution in [0.3, 0.4) is 0 Å². The number of halogens is 1. The maximum atomic E-state index is 13.1. The molecular formula is C26H28INO5. The van der Waals surface area contributed by atoms with Crippen LogP contribution in [0.25, 0.3) is 6.08 Å². The molecule has 3 aliphatic rings. The van der Waals surface area contributed by atoms with E-state index in [1.807, 2.05) is 91.6 Å². The fourth-order valence-electron chi connectivity index (χ4n) is 4.66. The number of alkyl halides is 1. The van der Waals surface area contributed by atoms with Crippen molar-refractivity contribution in [2.75, 3.05) is 6.54 Å². The van der Waals surface area contributed by atoms with E-state index in [9.17, 15) is 4.79 Å². The number of hydrogen-bond acceptors (Lipinski definition) is 5. The Morgan fingerprint density at radius 1 is 1.03 bits per heavy atom. The molecule has 1 amide bonds. The summed E-state index contributed by atoms with van der Waals surface area (Å²) in [7, 11) is 0. The zero-order chi connectivity index (χ0) is 23.0. The first-order valence-corrected chi connectivity index (χ1v) is 12.5. The summed E-state index contributed by atoms with van der Waals surface area (Å²) >= 11 is 2.37. The lowest BCUT2D eigenvalue weighted by molar-refractivity contribution is -0.226. The van der Waals surface area contributed by atoms with Crippen molar-refractivity contribution in [2.24, 2.45) is 0 Å². The summed E-state index contributed by atoms with van der Waals surface area (Å²) in [4.78, 5) is 14.9. The van der Waals surface area contributed by atoms with Gasteiger partial charge in [-0.1, -0.05) is 95.4 Å². The van der Waals surface area contributed by atoms with Crippen LogP contribution in [-0.2, 0) is 30.3 Å². The van der Waals surface area contributed by atoms with Crippen LogP contribution >= 0.6 is 22.6 Å². The summed E-state index contributed by atoms with van der Waals surface area (Å²) < 4.78 is 24.5. The van der Waals surface area contributed by atoms with E-state index in [1.165, 1.54) is 0 Å². The van der Waals surface area contributed by atoms with Crippen LogP contribution in [0.15, 0.2) is 66.7 Å². The molecular weight excluding hydrogens is 533 g/mol. The average molecular weight is 561 g/mol. The molecule has 0 saturated carbocycles. The normalized spacial score (nSPS) is 32.8. The first-order valence-electron chi connectivity index (χ1n) is 11.3. The quantitative estimate of drug-likeness (QED) is 0.289. The molecule has 2 aromatic carbocycles. The van der Waals surface area contributed by atoms with Gasteiger partial charge in [0, 0.05) is 6.54 Å². The molecule has 2 aromatic rings. The van der Waals surface area contributed by atoms with E-state index < -0.39 is 18.2 Å². The largest absolute Gasteiger partial charge is 0.361 e. The second kappa shape index (κ2) is 9.46. The average Bonchev–Trinajstić information content (AvgIpc) is 3.27. The van der Waals surface area contributed by atoms with Crippen molar-refractivity contribution >= 4 is 34.6 Å². The fraction of sp³-hybridized carbons (Fsp3) is 0.423. The van der Waals surface area contributed by atoms with Gasteiger partial charge < -0.3 is 23.8 Å². The maximum Gasteiger partial charge on any atom is 0.254 e. The molecule has 0 N–H and O–H groups in total. The van der Waals surface area contributed by atoms with Gasteiger partial charge in [0.25, 0.3) is 5.91 Å². The maximum absolute atomic E-state index is 13.1. The highest BCUT2D eigenvalue weighted by molar-refractivity contribution is 14.1. The Bertz CT molecular complexity index is 998. The number of rotatable bonds is 7. The molecule has 7 heteroatoms. The van der Waals surface area contributed by atoms with Crippen molar-refractivity contribution in [3.05, 3.63) is 77.9 Å². The minimum absolute atomic E-state index is 0.0138. The molecule has 0 bridgehead atoms. The second-order valence-corrected chi connectivity index (χ2v) is 10.5. The number of fused-ring (bicyclic) bond motifs is 1. The number of likely N-dealkylation sites (tertiary alicyclic amines) is 1. The van der Waals surface area contributed by atoms with E-state index in [2.05, 4.69) is 22.6 Å². The minimum Gasteiger partial charge on any atom is -0.361 e. The number of ether oxygens (including phenoxy) is 4. The lowest BCUT2D eigenvalue weighted by atomic mass is 9.90. The highest BCUT2D eigenvalue weighted by Crippen LogP contribution is 2.45. The summed E-state index contributed by atoms with van der Waals surface area (Å²) in [5.41, 5.74) is 2.14. The topological polar surface area (TPSA) is 57.2 Å². The molecule has 3 heterocycles. The van der Waals surface area contributed by atoms with Crippen LogP contribution < -0.4 is 0 Å². The number of benzene rings is 2. The molecule has 3 fully saturated rings. The zero-order valence-corrected chi connectivity index (χ0v) is 20.8. The van der Waals surface area contributed by atoms with Crippen molar-refractivity contribution in [1.82, 2.24) is 4.90 Å². The third-order valence-corrected chi connectivity index (χ3v) is 7.64. The van der Waals surface area contributed by atoms with E-state index in [0.29, 0.717) is 13.2 Å². The third kappa shape index (κ3) is 4.74. The number of carbonyl (C=O) groups is 1. The summed E-state index contributed by atoms with van der Waals surface area (Å²) in [5.74, 6) is -0.680. The van der Waals surface area contributed by atoms with Gasteiger partial charge in [-0.25, -0.2) is 0 Å². The van der Waals surface area contributed by atoms with Crippen molar-refractivity contribution in [3.8, 4) is 0 Å². The van der Waals surface area contributed by atoms with E-state index in [1.54, 1.807) is 0 Å². The molecule has 0 radical (unpaired) electrons. The highest BCUT2D eigenvalue weighted by Gasteiger charge is 2.62. The van der Waals surface area contributed by atoms with Gasteiger partial charge >= 0.3 is 0 Å². The molecule has 5 rings (SSSR count). The highest BCUT2D eigenvalue weighted by atomic mass is 127. The summed E-state index contributed by atoms with van der Waals surface area (Å²) in [6, 6.07) is 19.8. The van der Waals surface area contributed by atoms with E-state index in [4.69, 9.17) is 18.9 Å². The van der Waals surface area contributed by atoms with Crippen LogP contribution in [0.2, 0.25) is 0 Å². The Balaban J connectivity index is 1.31. The Hall–Kier alpha value is -1.78. The van der Waals surface area contributed by atoms with Crippen molar-refractivity contribution in [3.63, 3.8) is 0 Å². The minimum atomic E-state index is -0.666. The molecule has 3 aliphatic heterocycles. The lowest BCUT2D eigenvalue weighted by Gasteiger charge is -2.49. The first-order chi connectivity index (χ1) is 15.9. The third-order valence-electron chi connectivity index (χ3n) is 6.22. The Kier molecular flexibility index (Phi) is 6.59. The van der Waals surface area contributed by atoms with Crippen LogP contribution in [0, 0.1) is 0 Å². The van der Waals surface area contributed by atoms with Gasteiger partial charge in [-0.15, -0.1) is 0 Å². The first kappa shape index (κ1) is 23.0. The van der Waals surface area contributed by atoms with Crippen LogP contribution in [0.5, 0.6) is 0 Å². The summed E-state index contributed by atoms with van der Waals surface area (Å²) in [6.45, 7) is 4.67. The molecule has 0 aliphatic carbocycles. The lowest BCUT2D eigenvalue weighted by Crippen LogP contribution is -2.70. The Morgan fingerprint density at radius 2 is 1.73 bits per heavy atom. The van der Waals surface area contributed by atoms with Gasteiger partial charge in [0.2, 0.25) is 0 Å². The second-order valence-electron chi connectivity index (χ2n) is 9.03. The standard InChI is InChI=1S/C26H28INO5/c1-26(2)32-22-19(27)21(31-25(22)33-26)20-23(30-16-18-12-7-4-8-13-18)24(29)28(20)15-9-14-17-10-5-3-6-11-17/h3-14,19-23,25H,15-16H2,1-2H3/b14-9+/t19-,20+,21+,22-,23-,25-/m1/s1. The van der Waals surface area contributed by atoms with Crippen molar-refractivity contribution in [1.29, 1.82) is 0 Å². The number of nitrogens with zero attached hydrogens (tertiary/aromatic N) is 1. The van der Waals surface area contributed by atoms with Crippen molar-refractivity contribution in [2.45, 2.75) is 60.8 Å². The SMILES string of the molecule is CC1(C)O[C@H]2O[C@H]([C@H]3[C@@H](OCc4ccccc4)C(=O)N3C/C=C/c3ccccc3)[C@@H](I)[C@H]2O1. The van der Waals surface area contributed by atoms with E-state index in [0.717, 1.165) is 11.1 Å². The van der Waals surface area contributed by atoms with Gasteiger partial charge in [0.15, 0.2) is 18.2 Å². The van der Waals surface area contributed by atoms with Gasteiger partial charge in [0.1, 0.15) is 6.10 Å². The summed E-state index contributed by atoms with van der Waals surface area (Å²) in [6.07, 6.45) is 2.66.